The molecule has 0 saturated carbocycles. The number of hydrogen-bond acceptors (Lipinski definition) is 2. The highest BCUT2D eigenvalue weighted by Gasteiger charge is 1.92. The zero-order valence-electron chi connectivity index (χ0n) is 14.3. The Morgan fingerprint density at radius 2 is 1.50 bits per heavy atom. The lowest BCUT2D eigenvalue weighted by molar-refractivity contribution is -0.198. The Morgan fingerprint density at radius 1 is 0.909 bits per heavy atom. The molecule has 0 aliphatic rings. The van der Waals surface area contributed by atoms with Crippen LogP contribution in [0.2, 0.25) is 0 Å². The normalized spacial score (nSPS) is 12.4. The lowest BCUT2D eigenvalue weighted by atomic mass is 10.1. The topological polar surface area (TPSA) is 29.5 Å². The molecule has 22 heavy (non-hydrogen) atoms. The molecule has 0 saturated heterocycles. The first kappa shape index (κ1) is 20.7. The van der Waals surface area contributed by atoms with Crippen molar-refractivity contribution in [3.05, 3.63) is 48.8 Å². The smallest absolute Gasteiger partial charge is 0.165 e. The second kappa shape index (κ2) is 17.8. The maximum Gasteiger partial charge on any atom is 0.165 e. The van der Waals surface area contributed by atoms with E-state index in [1.54, 1.807) is 24.3 Å². The summed E-state index contributed by atoms with van der Waals surface area (Å²) in [6.45, 7) is 5.83. The highest BCUT2D eigenvalue weighted by atomic mass is 17.1. The summed E-state index contributed by atoms with van der Waals surface area (Å²) in [5.74, 6) is 0.416. The van der Waals surface area contributed by atoms with Crippen LogP contribution in [0.15, 0.2) is 48.8 Å². The molecule has 0 radical (unpaired) electrons. The molecule has 0 atom stereocenters. The highest BCUT2D eigenvalue weighted by molar-refractivity contribution is 5.20. The maximum absolute atomic E-state index is 8.66. The molecule has 0 aromatic heterocycles. The standard InChI is InChI=1S/C20H34O2/c1-3-5-7-8-9-10-11-12-13-14-15-16-17-19-20(22-21)18-6-4-2/h4,6,16-19,21H,2-3,5,7-15H2,1H3/b17-16+,18-6+,20-19+. The minimum Gasteiger partial charge on any atom is -0.340 e. The highest BCUT2D eigenvalue weighted by Crippen LogP contribution is 2.11. The van der Waals surface area contributed by atoms with Gasteiger partial charge in [-0.15, -0.1) is 0 Å². The van der Waals surface area contributed by atoms with Gasteiger partial charge in [0.1, 0.15) is 0 Å². The van der Waals surface area contributed by atoms with Crippen molar-refractivity contribution in [2.75, 3.05) is 0 Å². The first-order valence-electron chi connectivity index (χ1n) is 8.82. The van der Waals surface area contributed by atoms with Gasteiger partial charge in [0.2, 0.25) is 0 Å². The Labute approximate surface area is 137 Å². The van der Waals surface area contributed by atoms with Crippen molar-refractivity contribution in [1.29, 1.82) is 0 Å². The van der Waals surface area contributed by atoms with E-state index < -0.39 is 0 Å². The van der Waals surface area contributed by atoms with Crippen LogP contribution >= 0.6 is 0 Å². The van der Waals surface area contributed by atoms with E-state index in [-0.39, 0.29) is 0 Å². The molecular formula is C20H34O2. The Kier molecular flexibility index (Phi) is 16.7. The van der Waals surface area contributed by atoms with E-state index >= 15 is 0 Å². The van der Waals surface area contributed by atoms with E-state index in [0.717, 1.165) is 6.42 Å². The second-order valence-corrected chi connectivity index (χ2v) is 5.65. The molecule has 0 amide bonds. The van der Waals surface area contributed by atoms with E-state index in [2.05, 4.69) is 24.5 Å². The Bertz CT molecular complexity index is 327. The molecule has 126 valence electrons. The van der Waals surface area contributed by atoms with Gasteiger partial charge in [-0.1, -0.05) is 95.6 Å². The predicted octanol–water partition coefficient (Wildman–Crippen LogP) is 6.97. The van der Waals surface area contributed by atoms with Gasteiger partial charge in [0.05, 0.1) is 0 Å². The van der Waals surface area contributed by atoms with Crippen LogP contribution < -0.4 is 0 Å². The summed E-state index contributed by atoms with van der Waals surface area (Å²) in [4.78, 5) is 4.23. The van der Waals surface area contributed by atoms with Crippen molar-refractivity contribution in [3.63, 3.8) is 0 Å². The third-order valence-electron chi connectivity index (χ3n) is 3.62. The predicted molar refractivity (Wildman–Crippen MR) is 96.7 cm³/mol. The van der Waals surface area contributed by atoms with E-state index in [4.69, 9.17) is 5.26 Å². The molecule has 2 heteroatoms. The van der Waals surface area contributed by atoms with Gasteiger partial charge in [-0.05, 0) is 25.0 Å². The number of unbranched alkanes of at least 4 members (excludes halogenated alkanes) is 10. The number of rotatable bonds is 15. The van der Waals surface area contributed by atoms with E-state index in [1.165, 1.54) is 64.2 Å². The maximum atomic E-state index is 8.66. The second-order valence-electron chi connectivity index (χ2n) is 5.65. The molecule has 0 fully saturated rings. The lowest BCUT2D eigenvalue weighted by Gasteiger charge is -2.01. The average Bonchev–Trinajstić information content (AvgIpc) is 2.54. The van der Waals surface area contributed by atoms with Gasteiger partial charge in [-0.3, -0.25) is 0 Å². The molecule has 2 nitrogen and oxygen atoms in total. The first-order chi connectivity index (χ1) is 10.8. The van der Waals surface area contributed by atoms with Crippen molar-refractivity contribution in [3.8, 4) is 0 Å². The fourth-order valence-electron chi connectivity index (χ4n) is 2.29. The minimum atomic E-state index is 0.416. The van der Waals surface area contributed by atoms with Gasteiger partial charge < -0.3 is 4.89 Å². The van der Waals surface area contributed by atoms with Crippen LogP contribution in [0.5, 0.6) is 0 Å². The molecule has 0 unspecified atom stereocenters. The molecule has 0 rings (SSSR count). The molecule has 0 aliphatic carbocycles. The summed E-state index contributed by atoms with van der Waals surface area (Å²) in [6.07, 6.45) is 25.5. The molecule has 0 aromatic rings. The van der Waals surface area contributed by atoms with Crippen molar-refractivity contribution in [2.24, 2.45) is 0 Å². The number of allylic oxidation sites excluding steroid dienone is 6. The quantitative estimate of drug-likeness (QED) is 0.116. The van der Waals surface area contributed by atoms with Crippen LogP contribution in [0.3, 0.4) is 0 Å². The van der Waals surface area contributed by atoms with Crippen molar-refractivity contribution >= 4 is 0 Å². The summed E-state index contributed by atoms with van der Waals surface area (Å²) in [7, 11) is 0. The van der Waals surface area contributed by atoms with Gasteiger partial charge in [0.25, 0.3) is 0 Å². The third kappa shape index (κ3) is 15.1. The molecule has 0 spiro atoms. The van der Waals surface area contributed by atoms with Crippen LogP contribution in [0.25, 0.3) is 0 Å². The van der Waals surface area contributed by atoms with Crippen molar-refractivity contribution in [1.82, 2.24) is 0 Å². The van der Waals surface area contributed by atoms with E-state index in [9.17, 15) is 0 Å². The fraction of sp³-hybridized carbons (Fsp3) is 0.600. The van der Waals surface area contributed by atoms with Gasteiger partial charge in [0, 0.05) is 0 Å². The first-order valence-corrected chi connectivity index (χ1v) is 8.82. The Hall–Kier alpha value is -1.28. The monoisotopic (exact) mass is 306 g/mol. The van der Waals surface area contributed by atoms with Gasteiger partial charge in [0.15, 0.2) is 5.76 Å². The van der Waals surface area contributed by atoms with Crippen LogP contribution in [-0.2, 0) is 4.89 Å². The molecule has 1 N–H and O–H groups in total. The van der Waals surface area contributed by atoms with Gasteiger partial charge in [-0.2, -0.15) is 0 Å². The third-order valence-corrected chi connectivity index (χ3v) is 3.62. The zero-order chi connectivity index (χ0) is 16.3. The lowest BCUT2D eigenvalue weighted by Crippen LogP contribution is -1.82. The summed E-state index contributed by atoms with van der Waals surface area (Å²) in [6, 6.07) is 0. The summed E-state index contributed by atoms with van der Waals surface area (Å²) in [5.41, 5.74) is 0. The largest absolute Gasteiger partial charge is 0.340 e. The average molecular weight is 306 g/mol. The molecule has 0 aliphatic heterocycles. The zero-order valence-corrected chi connectivity index (χ0v) is 14.3. The van der Waals surface area contributed by atoms with Gasteiger partial charge >= 0.3 is 0 Å². The van der Waals surface area contributed by atoms with Crippen molar-refractivity contribution in [2.45, 2.75) is 77.6 Å². The van der Waals surface area contributed by atoms with Gasteiger partial charge in [-0.25, -0.2) is 5.26 Å². The molecule has 0 heterocycles. The van der Waals surface area contributed by atoms with Crippen molar-refractivity contribution < 1.29 is 10.1 Å². The fourth-order valence-corrected chi connectivity index (χ4v) is 2.29. The van der Waals surface area contributed by atoms with Crippen LogP contribution in [0.4, 0.5) is 0 Å². The van der Waals surface area contributed by atoms with Crippen LogP contribution in [0.1, 0.15) is 77.6 Å². The summed E-state index contributed by atoms with van der Waals surface area (Å²) < 4.78 is 0. The summed E-state index contributed by atoms with van der Waals surface area (Å²) in [5, 5.41) is 8.66. The van der Waals surface area contributed by atoms with Crippen LogP contribution in [0, 0.1) is 0 Å². The number of hydrogen-bond donors (Lipinski definition) is 1. The summed E-state index contributed by atoms with van der Waals surface area (Å²) >= 11 is 0. The molecule has 0 bridgehead atoms. The Morgan fingerprint density at radius 3 is 2.05 bits per heavy atom. The molecular weight excluding hydrogens is 272 g/mol. The minimum absolute atomic E-state index is 0.416. The van der Waals surface area contributed by atoms with E-state index in [1.807, 2.05) is 6.08 Å². The van der Waals surface area contributed by atoms with E-state index in [0.29, 0.717) is 5.76 Å². The molecule has 0 aromatic carbocycles. The SMILES string of the molecule is C=C/C=C/C(=C\C=C\CCCCCCCCCCCC)OO. The van der Waals surface area contributed by atoms with Crippen LogP contribution in [-0.4, -0.2) is 5.26 Å². The Balaban J connectivity index is 3.45.